The first-order chi connectivity index (χ1) is 26.5. The Labute approximate surface area is 324 Å². The van der Waals surface area contributed by atoms with Crippen LogP contribution in [0.25, 0.3) is 22.3 Å². The fraction of sp³-hybridized carbons (Fsp3) is 0.390. The van der Waals surface area contributed by atoms with Gasteiger partial charge >= 0.3 is 11.9 Å². The van der Waals surface area contributed by atoms with Crippen molar-refractivity contribution in [3.8, 4) is 11.4 Å². The highest BCUT2D eigenvalue weighted by Gasteiger charge is 2.50. The van der Waals surface area contributed by atoms with E-state index < -0.39 is 45.2 Å². The Kier molecular flexibility index (Phi) is 10.0. The molecule has 0 unspecified atom stereocenters. The van der Waals surface area contributed by atoms with E-state index in [0.717, 1.165) is 27.6 Å². The summed E-state index contributed by atoms with van der Waals surface area (Å²) in [6.07, 6.45) is 1.84. The lowest BCUT2D eigenvalue weighted by Gasteiger charge is -2.36. The van der Waals surface area contributed by atoms with Crippen LogP contribution in [-0.4, -0.2) is 76.8 Å². The number of amidine groups is 1. The molecule has 0 amide bonds. The third-order valence-electron chi connectivity index (χ3n) is 10.8. The first-order valence-corrected chi connectivity index (χ1v) is 19.9. The molecule has 0 fully saturated rings. The van der Waals surface area contributed by atoms with Crippen molar-refractivity contribution in [2.45, 2.75) is 89.1 Å². The van der Waals surface area contributed by atoms with Crippen molar-refractivity contribution < 1.29 is 37.4 Å². The minimum Gasteiger partial charge on any atom is -0.457 e. The zero-order chi connectivity index (χ0) is 40.2. The molecule has 0 saturated heterocycles. The number of carbonyl (C=O) groups is 2. The molecule has 0 bridgehead atoms. The second-order valence-corrected chi connectivity index (χ2v) is 17.1. The van der Waals surface area contributed by atoms with Gasteiger partial charge in [-0.1, -0.05) is 48.9 Å². The van der Waals surface area contributed by atoms with Crippen LogP contribution in [0.2, 0.25) is 0 Å². The molecular formula is C41H45N5O9S. The number of fused-ring (bicyclic) bond motifs is 5. The number of cyclic esters (lactones) is 1. The van der Waals surface area contributed by atoms with Gasteiger partial charge in [-0.15, -0.1) is 0 Å². The molecule has 2 aromatic heterocycles. The Morgan fingerprint density at radius 3 is 2.50 bits per heavy atom. The number of aliphatic imine (C=N–C) groups is 1. The van der Waals surface area contributed by atoms with Crippen molar-refractivity contribution in [1.29, 1.82) is 0 Å². The van der Waals surface area contributed by atoms with Crippen molar-refractivity contribution in [2.75, 3.05) is 19.8 Å². The van der Waals surface area contributed by atoms with Gasteiger partial charge in [0.25, 0.3) is 15.6 Å². The Morgan fingerprint density at radius 2 is 1.80 bits per heavy atom. The number of hydrogen-bond acceptors (Lipinski definition) is 12. The molecule has 56 heavy (non-hydrogen) atoms. The monoisotopic (exact) mass is 783 g/mol. The Hall–Kier alpha value is -5.22. The number of hydrogen-bond donors (Lipinski definition) is 2. The first-order valence-electron chi connectivity index (χ1n) is 18.4. The number of carbonyl (C=O) groups excluding carboxylic acids is 2. The van der Waals surface area contributed by atoms with E-state index in [0.29, 0.717) is 11.4 Å². The molecule has 15 heteroatoms. The third kappa shape index (κ3) is 6.93. The number of para-hydroxylation sites is 1. The van der Waals surface area contributed by atoms with Crippen LogP contribution in [0.5, 0.6) is 0 Å². The molecule has 294 valence electrons. The second-order valence-electron chi connectivity index (χ2n) is 15.4. The number of benzene rings is 2. The van der Waals surface area contributed by atoms with E-state index >= 15 is 0 Å². The maximum Gasteiger partial charge on any atom is 0.355 e. The molecule has 0 spiro atoms. The minimum atomic E-state index is -4.12. The number of pyridine rings is 2. The summed E-state index contributed by atoms with van der Waals surface area (Å²) in [5.41, 5.74) is 1.18. The van der Waals surface area contributed by atoms with E-state index in [9.17, 15) is 28.0 Å². The highest BCUT2D eigenvalue weighted by Crippen LogP contribution is 2.41. The average molecular weight is 784 g/mol. The largest absolute Gasteiger partial charge is 0.457 e. The van der Waals surface area contributed by atoms with Gasteiger partial charge in [-0.3, -0.25) is 14.5 Å². The average Bonchev–Trinajstić information content (AvgIpc) is 3.59. The van der Waals surface area contributed by atoms with Crippen molar-refractivity contribution >= 4 is 38.7 Å². The number of ether oxygens (including phenoxy) is 3. The summed E-state index contributed by atoms with van der Waals surface area (Å²) in [5, 5.41) is 12.9. The van der Waals surface area contributed by atoms with Crippen molar-refractivity contribution in [3.05, 3.63) is 105 Å². The van der Waals surface area contributed by atoms with Crippen LogP contribution < -0.4 is 10.3 Å². The predicted molar refractivity (Wildman–Crippen MR) is 208 cm³/mol. The molecule has 14 nitrogen and oxygen atoms in total. The van der Waals surface area contributed by atoms with Gasteiger partial charge in [0.2, 0.25) is 5.60 Å². The molecule has 0 saturated carbocycles. The van der Waals surface area contributed by atoms with E-state index in [1.165, 1.54) is 17.2 Å². The lowest BCUT2D eigenvalue weighted by Crippen LogP contribution is -2.48. The van der Waals surface area contributed by atoms with Gasteiger partial charge in [0.1, 0.15) is 19.0 Å². The number of esters is 2. The fourth-order valence-corrected chi connectivity index (χ4v) is 8.74. The van der Waals surface area contributed by atoms with E-state index in [-0.39, 0.29) is 66.6 Å². The predicted octanol–water partition coefficient (Wildman–Crippen LogP) is 4.91. The van der Waals surface area contributed by atoms with Gasteiger partial charge in [-0.2, -0.15) is 5.06 Å². The van der Waals surface area contributed by atoms with Crippen molar-refractivity contribution in [1.82, 2.24) is 19.3 Å². The van der Waals surface area contributed by atoms with Gasteiger partial charge in [0.05, 0.1) is 58.2 Å². The third-order valence-corrected chi connectivity index (χ3v) is 12.2. The van der Waals surface area contributed by atoms with Gasteiger partial charge in [0, 0.05) is 22.9 Å². The normalized spacial score (nSPS) is 19.9. The molecule has 2 aromatic carbocycles. The summed E-state index contributed by atoms with van der Waals surface area (Å²) in [7, 11) is -4.12. The number of aryl methyl sites for hydroxylation is 1. The first kappa shape index (κ1) is 39.0. The molecule has 0 aliphatic carbocycles. The lowest BCUT2D eigenvalue weighted by atomic mass is 9.85. The lowest BCUT2D eigenvalue weighted by molar-refractivity contribution is -0.188. The Bertz CT molecular complexity index is 2490. The van der Waals surface area contributed by atoms with Crippen LogP contribution in [0.4, 0.5) is 0 Å². The number of sulfonamides is 1. The molecule has 3 aliphatic heterocycles. The topological polar surface area (TPSA) is 179 Å². The molecule has 4 aromatic rings. The van der Waals surface area contributed by atoms with E-state index in [1.807, 2.05) is 71.0 Å². The van der Waals surface area contributed by atoms with E-state index in [4.69, 9.17) is 19.2 Å². The van der Waals surface area contributed by atoms with Crippen LogP contribution in [0.1, 0.15) is 69.7 Å². The summed E-state index contributed by atoms with van der Waals surface area (Å²) in [5.74, 6) is -1.85. The van der Waals surface area contributed by atoms with Crippen LogP contribution in [0.3, 0.4) is 0 Å². The Morgan fingerprint density at radius 1 is 1.07 bits per heavy atom. The summed E-state index contributed by atoms with van der Waals surface area (Å²) in [6.45, 7) is 10.5. The second kappa shape index (κ2) is 14.4. The maximum absolute atomic E-state index is 13.9. The molecule has 2 N–H and O–H groups in total. The standard InChI is InChI=1S/C41H45N5O9S/c1-7-41(31-19-33-36-27(18-26-10-8-9-11-32(26)43-36)22-45(33)37(48)30(31)24-54-38(41)49)55-35(47)21-42-34(44-56(51,52)29-14-12-25(2)13-15-29)16-17-53-23-28-20-39(3,4)46(50)40(28,5)6/h8-15,18-20,50H,7,16-17,21-24H2,1-6H3,(H,42,44)/t41-/m0/s1. The van der Waals surface area contributed by atoms with E-state index in [1.54, 1.807) is 29.7 Å². The van der Waals surface area contributed by atoms with Crippen molar-refractivity contribution in [3.63, 3.8) is 0 Å². The number of nitrogens with zero attached hydrogens (tertiary/aromatic N) is 4. The number of nitrogens with one attached hydrogen (secondary N) is 1. The highest BCUT2D eigenvalue weighted by molar-refractivity contribution is 7.90. The zero-order valence-corrected chi connectivity index (χ0v) is 33.0. The number of rotatable bonds is 11. The van der Waals surface area contributed by atoms with Crippen LogP contribution in [0.15, 0.2) is 87.0 Å². The minimum absolute atomic E-state index is 0.00296. The summed E-state index contributed by atoms with van der Waals surface area (Å²) in [6, 6.07) is 17.5. The molecular weight excluding hydrogens is 739 g/mol. The molecule has 0 radical (unpaired) electrons. The summed E-state index contributed by atoms with van der Waals surface area (Å²) in [4.78, 5) is 50.3. The van der Waals surface area contributed by atoms with Crippen molar-refractivity contribution in [2.24, 2.45) is 4.99 Å². The number of aromatic nitrogens is 2. The molecule has 7 rings (SSSR count). The number of hydroxylamine groups is 2. The van der Waals surface area contributed by atoms with Gasteiger partial charge in [-0.05, 0) is 76.9 Å². The van der Waals surface area contributed by atoms with Gasteiger partial charge in [0.15, 0.2) is 0 Å². The Balaban J connectivity index is 1.15. The molecule has 3 aliphatic rings. The quantitative estimate of drug-likeness (QED) is 0.0612. The fourth-order valence-electron chi connectivity index (χ4n) is 7.65. The maximum atomic E-state index is 13.9. The zero-order valence-electron chi connectivity index (χ0n) is 32.2. The van der Waals surface area contributed by atoms with Crippen LogP contribution in [-0.2, 0) is 52.6 Å². The van der Waals surface area contributed by atoms with Crippen LogP contribution >= 0.6 is 0 Å². The molecule has 5 heterocycles. The van der Waals surface area contributed by atoms with E-state index in [2.05, 4.69) is 9.71 Å². The smallest absolute Gasteiger partial charge is 0.355 e. The van der Waals surface area contributed by atoms with Crippen LogP contribution in [0, 0.1) is 6.92 Å². The van der Waals surface area contributed by atoms with Gasteiger partial charge in [-0.25, -0.2) is 23.0 Å². The highest BCUT2D eigenvalue weighted by atomic mass is 32.2. The van der Waals surface area contributed by atoms with Gasteiger partial charge < -0.3 is 24.0 Å². The SMILES string of the molecule is CC[C@@]1(OC(=O)CN=C(CCOCC2=CC(C)(C)N(O)C2(C)C)NS(=O)(=O)c2ccc(C)cc2)C(=O)OCc2c1cc1n(c2=O)Cc2cc3ccccc3nc2-1. The summed E-state index contributed by atoms with van der Waals surface area (Å²) >= 11 is 0. The molecule has 1 atom stereocenters. The summed E-state index contributed by atoms with van der Waals surface area (Å²) < 4.78 is 48.3.